The van der Waals surface area contributed by atoms with E-state index in [1.54, 1.807) is 30.7 Å². The lowest BCUT2D eigenvalue weighted by molar-refractivity contribution is -0.125. The van der Waals surface area contributed by atoms with Crippen LogP contribution in [0.5, 0.6) is 0 Å². The van der Waals surface area contributed by atoms with Crippen molar-refractivity contribution in [3.63, 3.8) is 0 Å². The molecule has 0 saturated carbocycles. The molecule has 1 aliphatic rings. The highest BCUT2D eigenvalue weighted by Crippen LogP contribution is 2.20. The van der Waals surface area contributed by atoms with Crippen molar-refractivity contribution in [1.29, 1.82) is 0 Å². The number of amides is 2. The summed E-state index contributed by atoms with van der Waals surface area (Å²) in [5.41, 5.74) is 1.21. The van der Waals surface area contributed by atoms with Gasteiger partial charge in [0.25, 0.3) is 5.91 Å². The Bertz CT molecular complexity index is 792. The number of aryl methyl sites for hydroxylation is 3. The van der Waals surface area contributed by atoms with Gasteiger partial charge in [-0.1, -0.05) is 0 Å². The van der Waals surface area contributed by atoms with E-state index in [2.05, 4.69) is 21.0 Å². The molecule has 2 atom stereocenters. The van der Waals surface area contributed by atoms with Crippen LogP contribution in [-0.2, 0) is 4.79 Å². The summed E-state index contributed by atoms with van der Waals surface area (Å²) in [6, 6.07) is 3.48. The molecule has 1 aliphatic heterocycles. The Hall–Kier alpha value is -2.61. The number of hydrogen-bond acceptors (Lipinski definition) is 5. The van der Waals surface area contributed by atoms with Gasteiger partial charge in [-0.15, -0.1) is 0 Å². The molecule has 3 rings (SSSR count). The molecule has 0 bridgehead atoms. The first-order valence-electron chi connectivity index (χ1n) is 7.83. The van der Waals surface area contributed by atoms with E-state index in [0.717, 1.165) is 5.69 Å². The minimum atomic E-state index is -0.502. The topological polar surface area (TPSA) is 101 Å². The summed E-state index contributed by atoms with van der Waals surface area (Å²) in [6.07, 6.45) is -0.0937. The van der Waals surface area contributed by atoms with Gasteiger partial charge in [0.15, 0.2) is 6.29 Å². The van der Waals surface area contributed by atoms with Crippen molar-refractivity contribution in [1.82, 2.24) is 20.4 Å². The zero-order valence-electron chi connectivity index (χ0n) is 14.1. The minimum absolute atomic E-state index is 0.0237. The molecule has 2 aromatic heterocycles. The summed E-state index contributed by atoms with van der Waals surface area (Å²) in [5, 5.41) is 13.3. The molecule has 3 heterocycles. The van der Waals surface area contributed by atoms with Gasteiger partial charge >= 0.3 is 0 Å². The Labute approximate surface area is 139 Å². The summed E-state index contributed by atoms with van der Waals surface area (Å²) in [6.45, 7) is 7.29. The van der Waals surface area contributed by atoms with E-state index >= 15 is 0 Å². The fourth-order valence-electron chi connectivity index (χ4n) is 2.84. The molecule has 3 N–H and O–H groups in total. The lowest BCUT2D eigenvalue weighted by Gasteiger charge is -2.30. The SMILES string of the molecule is Cc1cc(NC(=O)c2cc(C)oc2C)n(C2NC(=O)CC(C)N2)n1. The van der Waals surface area contributed by atoms with E-state index < -0.39 is 6.29 Å². The van der Waals surface area contributed by atoms with E-state index in [1.165, 1.54) is 0 Å². The van der Waals surface area contributed by atoms with E-state index in [-0.39, 0.29) is 17.9 Å². The van der Waals surface area contributed by atoms with Gasteiger partial charge in [0.05, 0.1) is 11.3 Å². The van der Waals surface area contributed by atoms with Crippen LogP contribution in [-0.4, -0.2) is 27.6 Å². The summed E-state index contributed by atoms with van der Waals surface area (Å²) in [5.74, 6) is 1.41. The molecule has 0 spiro atoms. The maximum absolute atomic E-state index is 12.5. The molecule has 2 unspecified atom stereocenters. The average Bonchev–Trinajstić information content (AvgIpc) is 3.00. The van der Waals surface area contributed by atoms with Crippen LogP contribution in [0.2, 0.25) is 0 Å². The van der Waals surface area contributed by atoms with Crippen LogP contribution >= 0.6 is 0 Å². The summed E-state index contributed by atoms with van der Waals surface area (Å²) >= 11 is 0. The van der Waals surface area contributed by atoms with Crippen molar-refractivity contribution in [3.8, 4) is 0 Å². The van der Waals surface area contributed by atoms with Gasteiger partial charge in [-0.25, -0.2) is 4.68 Å². The third-order valence-electron chi connectivity index (χ3n) is 3.86. The van der Waals surface area contributed by atoms with E-state index in [1.807, 2.05) is 13.8 Å². The van der Waals surface area contributed by atoms with Crippen LogP contribution in [0, 0.1) is 20.8 Å². The van der Waals surface area contributed by atoms with Crippen LogP contribution < -0.4 is 16.0 Å². The summed E-state index contributed by atoms with van der Waals surface area (Å²) in [7, 11) is 0. The Morgan fingerprint density at radius 1 is 1.38 bits per heavy atom. The molecule has 128 valence electrons. The second kappa shape index (κ2) is 6.12. The van der Waals surface area contributed by atoms with Crippen molar-refractivity contribution in [3.05, 3.63) is 34.9 Å². The van der Waals surface area contributed by atoms with Crippen molar-refractivity contribution < 1.29 is 14.0 Å². The Kier molecular flexibility index (Phi) is 4.15. The van der Waals surface area contributed by atoms with Gasteiger partial charge in [-0.3, -0.25) is 14.9 Å². The van der Waals surface area contributed by atoms with E-state index in [9.17, 15) is 9.59 Å². The van der Waals surface area contributed by atoms with Gasteiger partial charge in [0.2, 0.25) is 5.91 Å². The second-order valence-electron chi connectivity index (χ2n) is 6.14. The quantitative estimate of drug-likeness (QED) is 0.793. The highest BCUT2D eigenvalue weighted by atomic mass is 16.3. The summed E-state index contributed by atoms with van der Waals surface area (Å²) < 4.78 is 6.97. The monoisotopic (exact) mass is 331 g/mol. The average molecular weight is 331 g/mol. The van der Waals surface area contributed by atoms with Crippen LogP contribution in [0.25, 0.3) is 0 Å². The molecule has 1 saturated heterocycles. The van der Waals surface area contributed by atoms with Crippen molar-refractivity contribution in [2.45, 2.75) is 46.4 Å². The van der Waals surface area contributed by atoms with Gasteiger partial charge in [0, 0.05) is 18.5 Å². The van der Waals surface area contributed by atoms with Crippen molar-refractivity contribution >= 4 is 17.6 Å². The lowest BCUT2D eigenvalue weighted by Crippen LogP contribution is -2.52. The van der Waals surface area contributed by atoms with Gasteiger partial charge in [-0.05, 0) is 33.8 Å². The highest BCUT2D eigenvalue weighted by Gasteiger charge is 2.27. The first kappa shape index (κ1) is 16.3. The molecule has 2 aromatic rings. The molecule has 0 aromatic carbocycles. The molecule has 0 aliphatic carbocycles. The number of furan rings is 1. The number of aromatic nitrogens is 2. The smallest absolute Gasteiger partial charge is 0.260 e. The molecule has 8 nitrogen and oxygen atoms in total. The Balaban J connectivity index is 1.85. The van der Waals surface area contributed by atoms with Crippen LogP contribution in [0.4, 0.5) is 5.82 Å². The van der Waals surface area contributed by atoms with Gasteiger partial charge in [0.1, 0.15) is 17.3 Å². The van der Waals surface area contributed by atoms with E-state index in [4.69, 9.17) is 4.42 Å². The Morgan fingerprint density at radius 2 is 2.12 bits per heavy atom. The van der Waals surface area contributed by atoms with E-state index in [0.29, 0.717) is 29.3 Å². The number of nitrogens with zero attached hydrogens (tertiary/aromatic N) is 2. The molecule has 8 heteroatoms. The van der Waals surface area contributed by atoms with Crippen molar-refractivity contribution in [2.75, 3.05) is 5.32 Å². The van der Waals surface area contributed by atoms with Crippen LogP contribution in [0.1, 0.15) is 47.2 Å². The fourth-order valence-corrected chi connectivity index (χ4v) is 2.84. The largest absolute Gasteiger partial charge is 0.466 e. The number of carbonyl (C=O) groups is 2. The first-order valence-corrected chi connectivity index (χ1v) is 7.83. The molecule has 1 fully saturated rings. The van der Waals surface area contributed by atoms with Gasteiger partial charge in [-0.2, -0.15) is 5.10 Å². The second-order valence-corrected chi connectivity index (χ2v) is 6.14. The zero-order valence-corrected chi connectivity index (χ0v) is 14.1. The minimum Gasteiger partial charge on any atom is -0.466 e. The molecular weight excluding hydrogens is 310 g/mol. The molecule has 0 radical (unpaired) electrons. The normalized spacial score (nSPS) is 20.8. The number of anilines is 1. The summed E-state index contributed by atoms with van der Waals surface area (Å²) in [4.78, 5) is 24.3. The molecular formula is C16H21N5O3. The van der Waals surface area contributed by atoms with Crippen LogP contribution in [0.3, 0.4) is 0 Å². The molecule has 2 amide bonds. The third-order valence-corrected chi connectivity index (χ3v) is 3.86. The number of hydrogen-bond donors (Lipinski definition) is 3. The van der Waals surface area contributed by atoms with Gasteiger partial charge < -0.3 is 15.1 Å². The standard InChI is InChI=1S/C16H21N5O3/c1-8-6-14(22)19-16(17-8)21-13(5-9(2)20-21)18-15(23)12-7-10(3)24-11(12)4/h5,7-8,16-17H,6H2,1-4H3,(H,18,23)(H,19,22). The lowest BCUT2D eigenvalue weighted by atomic mass is 10.2. The predicted molar refractivity (Wildman–Crippen MR) is 87.5 cm³/mol. The maximum Gasteiger partial charge on any atom is 0.260 e. The predicted octanol–water partition coefficient (Wildman–Crippen LogP) is 1.61. The Morgan fingerprint density at radius 3 is 2.75 bits per heavy atom. The number of rotatable bonds is 3. The first-order chi connectivity index (χ1) is 11.3. The highest BCUT2D eigenvalue weighted by molar-refractivity contribution is 6.04. The van der Waals surface area contributed by atoms with Crippen LogP contribution in [0.15, 0.2) is 16.5 Å². The van der Waals surface area contributed by atoms with Crippen molar-refractivity contribution in [2.24, 2.45) is 0 Å². The third kappa shape index (κ3) is 3.18. The maximum atomic E-state index is 12.5. The number of nitrogens with one attached hydrogen (secondary N) is 3. The fraction of sp³-hybridized carbons (Fsp3) is 0.438. The molecule has 24 heavy (non-hydrogen) atoms. The zero-order chi connectivity index (χ0) is 17.4. The number of carbonyl (C=O) groups excluding carboxylic acids is 2.